The number of ketones is 1. The number of carbonyl (C=O) groups is 1. The smallest absolute Gasteiger partial charge is 0.405 e. The van der Waals surface area contributed by atoms with E-state index < -0.39 is 41.4 Å². The molecule has 4 aromatic rings. The van der Waals surface area contributed by atoms with E-state index in [0.717, 1.165) is 4.68 Å². The first kappa shape index (κ1) is 36.5. The van der Waals surface area contributed by atoms with Gasteiger partial charge in [0.2, 0.25) is 15.5 Å². The van der Waals surface area contributed by atoms with E-state index in [4.69, 9.17) is 25.3 Å². The quantitative estimate of drug-likeness (QED) is 0.100. The maximum atomic E-state index is 14.7. The van der Waals surface area contributed by atoms with E-state index >= 15 is 0 Å². The summed E-state index contributed by atoms with van der Waals surface area (Å²) in [4.78, 5) is 20.5. The van der Waals surface area contributed by atoms with E-state index in [1.807, 2.05) is 20.8 Å². The third-order valence-corrected chi connectivity index (χ3v) is 8.87. The lowest BCUT2D eigenvalue weighted by molar-refractivity contribution is -0.143. The summed E-state index contributed by atoms with van der Waals surface area (Å²) in [5.41, 5.74) is -4.55. The van der Waals surface area contributed by atoms with Crippen molar-refractivity contribution < 1.29 is 44.8 Å². The molecule has 1 aliphatic heterocycles. The minimum absolute atomic E-state index is 0.0252. The number of aromatic nitrogens is 5. The number of nitrogens with zero attached hydrogens (tertiary/aromatic N) is 6. The molecule has 49 heavy (non-hydrogen) atoms. The topological polar surface area (TPSA) is 108 Å². The fraction of sp³-hybridized carbons (Fsp3) is 0.452. The Bertz CT molecular complexity index is 1800. The molecular formula is C31H31ClF6N6O4Si. The number of halogens is 7. The van der Waals surface area contributed by atoms with Crippen LogP contribution in [0.1, 0.15) is 73.1 Å². The summed E-state index contributed by atoms with van der Waals surface area (Å²) < 4.78 is 101. The molecule has 0 bridgehead atoms. The van der Waals surface area contributed by atoms with Gasteiger partial charge in [-0.2, -0.15) is 26.3 Å². The van der Waals surface area contributed by atoms with Crippen molar-refractivity contribution in [3.05, 3.63) is 75.4 Å². The number of hydrogen-bond donors (Lipinski definition) is 0. The summed E-state index contributed by atoms with van der Waals surface area (Å²) in [6.07, 6.45) is -7.25. The molecule has 0 aliphatic carbocycles. The molecule has 4 heterocycles. The van der Waals surface area contributed by atoms with Crippen molar-refractivity contribution in [3.63, 3.8) is 0 Å². The van der Waals surface area contributed by atoms with Crippen molar-refractivity contribution in [2.24, 2.45) is 0 Å². The Morgan fingerprint density at radius 2 is 1.63 bits per heavy atom. The molecule has 0 saturated carbocycles. The van der Waals surface area contributed by atoms with Crippen LogP contribution in [0.2, 0.25) is 10.1 Å². The summed E-state index contributed by atoms with van der Waals surface area (Å²) >= 11 is 6.49. The molecule has 3 aromatic heterocycles. The Morgan fingerprint density at radius 1 is 1.00 bits per heavy atom. The van der Waals surface area contributed by atoms with Gasteiger partial charge in [0.05, 0.1) is 41.5 Å². The van der Waals surface area contributed by atoms with Gasteiger partial charge in [0.25, 0.3) is 0 Å². The monoisotopic (exact) mass is 728 g/mol. The van der Waals surface area contributed by atoms with Crippen LogP contribution in [0.5, 0.6) is 0 Å². The fourth-order valence-corrected chi connectivity index (χ4v) is 5.87. The van der Waals surface area contributed by atoms with Crippen LogP contribution in [0.3, 0.4) is 0 Å². The molecule has 1 aliphatic rings. The van der Waals surface area contributed by atoms with Crippen molar-refractivity contribution in [3.8, 4) is 11.3 Å². The van der Waals surface area contributed by atoms with E-state index in [2.05, 4.69) is 20.5 Å². The first-order chi connectivity index (χ1) is 22.8. The predicted octanol–water partition coefficient (Wildman–Crippen LogP) is 7.22. The van der Waals surface area contributed by atoms with Gasteiger partial charge in [-0.05, 0) is 48.7 Å². The normalized spacial score (nSPS) is 14.8. The number of anilines is 1. The van der Waals surface area contributed by atoms with E-state index in [0.29, 0.717) is 12.1 Å². The molecule has 18 heteroatoms. The van der Waals surface area contributed by atoms with E-state index in [9.17, 15) is 31.1 Å². The fourth-order valence-electron chi connectivity index (χ4n) is 5.03. The molecule has 1 fully saturated rings. The molecule has 1 saturated heterocycles. The van der Waals surface area contributed by atoms with Crippen molar-refractivity contribution >= 4 is 33.0 Å². The number of carbonyl (C=O) groups excluding carboxylic acids is 1. The van der Waals surface area contributed by atoms with Crippen LogP contribution < -0.4 is 4.90 Å². The number of alkyl halides is 6. The van der Waals surface area contributed by atoms with E-state index in [-0.39, 0.29) is 91.8 Å². The number of pyridine rings is 1. The first-order valence-electron chi connectivity index (χ1n) is 14.9. The van der Waals surface area contributed by atoms with Crippen molar-refractivity contribution in [2.75, 3.05) is 31.2 Å². The van der Waals surface area contributed by atoms with Crippen molar-refractivity contribution in [1.29, 1.82) is 0 Å². The second kappa shape index (κ2) is 13.5. The minimum atomic E-state index is -5.05. The molecule has 0 atom stereocenters. The molecule has 5 rings (SSSR count). The lowest BCUT2D eigenvalue weighted by atomic mass is 9.94. The molecule has 10 nitrogen and oxygen atoms in total. The number of hydrogen-bond acceptors (Lipinski definition) is 9. The van der Waals surface area contributed by atoms with Crippen LogP contribution in [0.15, 0.2) is 41.2 Å². The Labute approximate surface area is 284 Å². The summed E-state index contributed by atoms with van der Waals surface area (Å²) in [5, 5.41) is 12.4. The maximum Gasteiger partial charge on any atom is 0.416 e. The average Bonchev–Trinajstić information content (AvgIpc) is 3.65. The Hall–Kier alpha value is -3.80. The molecule has 0 spiro atoms. The minimum Gasteiger partial charge on any atom is -0.405 e. The summed E-state index contributed by atoms with van der Waals surface area (Å²) in [6, 6.07) is 2.77. The predicted molar refractivity (Wildman–Crippen MR) is 166 cm³/mol. The van der Waals surface area contributed by atoms with Gasteiger partial charge < -0.3 is 18.6 Å². The maximum absolute atomic E-state index is 14.7. The lowest BCUT2D eigenvalue weighted by Crippen LogP contribution is -2.38. The Morgan fingerprint density at radius 3 is 2.20 bits per heavy atom. The van der Waals surface area contributed by atoms with Gasteiger partial charge in [-0.15, -0.1) is 5.10 Å². The zero-order chi connectivity index (χ0) is 35.9. The van der Waals surface area contributed by atoms with Gasteiger partial charge in [0.15, 0.2) is 17.3 Å². The summed E-state index contributed by atoms with van der Waals surface area (Å²) in [5.74, 6) is -0.640. The Kier molecular flexibility index (Phi) is 10.0. The van der Waals surface area contributed by atoms with Gasteiger partial charge >= 0.3 is 12.4 Å². The second-order valence-electron chi connectivity index (χ2n) is 12.8. The lowest BCUT2D eigenvalue weighted by Gasteiger charge is -2.29. The van der Waals surface area contributed by atoms with Crippen LogP contribution in [-0.2, 0) is 33.7 Å². The van der Waals surface area contributed by atoms with Crippen LogP contribution in [-0.4, -0.2) is 67.0 Å². The molecule has 2 radical (unpaired) electrons. The zero-order valence-corrected chi connectivity index (χ0v) is 28.7. The summed E-state index contributed by atoms with van der Waals surface area (Å²) in [7, 11) is -0.0252. The highest BCUT2D eigenvalue weighted by Gasteiger charge is 2.41. The third kappa shape index (κ3) is 8.16. The van der Waals surface area contributed by atoms with Crippen molar-refractivity contribution in [2.45, 2.75) is 64.2 Å². The van der Waals surface area contributed by atoms with Gasteiger partial charge in [0, 0.05) is 31.0 Å². The largest absolute Gasteiger partial charge is 0.416 e. The van der Waals surface area contributed by atoms with Crippen LogP contribution >= 0.6 is 11.6 Å². The van der Waals surface area contributed by atoms with Crippen molar-refractivity contribution in [1.82, 2.24) is 25.1 Å². The van der Waals surface area contributed by atoms with Gasteiger partial charge in [0.1, 0.15) is 11.3 Å². The van der Waals surface area contributed by atoms with Gasteiger partial charge in [-0.25, -0.2) is 4.68 Å². The van der Waals surface area contributed by atoms with Crippen LogP contribution in [0.4, 0.5) is 32.2 Å². The standard InChI is InChI=1S/C31H31ClF6N6O4Si/c1-28(2,3)49-48-29(4,5)26-22(23(41-47-26)20-15-39-7-6-21(20)32)25(45)24-27(43-8-10-46-11-9-43)44(42-40-24)16-17-12-18(30(33,34)35)14-19(13-17)31(36,37)38/h6-7,12-15H,8-11,16H2,1-5H3. The molecule has 0 amide bonds. The molecule has 0 unspecified atom stereocenters. The SMILES string of the molecule is CC(C)(C)[Si]OC(C)(C)c1onc(-c2cnccc2Cl)c1C(=O)c1nnn(Cc2cc(C(F)(F)F)cc(C(F)(F)F)c2)c1N1CCOCC1. The second-order valence-corrected chi connectivity index (χ2v) is 15.1. The highest BCUT2D eigenvalue weighted by atomic mass is 35.5. The van der Waals surface area contributed by atoms with Gasteiger partial charge in [-0.1, -0.05) is 42.7 Å². The third-order valence-electron chi connectivity index (χ3n) is 7.32. The van der Waals surface area contributed by atoms with E-state index in [1.165, 1.54) is 18.5 Å². The zero-order valence-electron chi connectivity index (χ0n) is 27.0. The van der Waals surface area contributed by atoms with Crippen LogP contribution in [0.25, 0.3) is 11.3 Å². The number of benzene rings is 1. The first-order valence-corrected chi connectivity index (χ1v) is 16.2. The summed E-state index contributed by atoms with van der Waals surface area (Å²) in [6.45, 7) is 9.66. The average molecular weight is 729 g/mol. The number of morpholine rings is 1. The highest BCUT2D eigenvalue weighted by molar-refractivity contribution is 6.33. The Balaban J connectivity index is 1.67. The van der Waals surface area contributed by atoms with E-state index in [1.54, 1.807) is 18.7 Å². The van der Waals surface area contributed by atoms with Gasteiger partial charge in [-0.3, -0.25) is 9.78 Å². The molecular weight excluding hydrogens is 698 g/mol. The highest BCUT2D eigenvalue weighted by Crippen LogP contribution is 2.40. The molecule has 1 aromatic carbocycles. The number of rotatable bonds is 9. The number of ether oxygens (including phenoxy) is 1. The molecule has 262 valence electrons. The molecule has 0 N–H and O–H groups in total. The van der Waals surface area contributed by atoms with Crippen LogP contribution in [0, 0.1) is 0 Å².